The van der Waals surface area contributed by atoms with Crippen LogP contribution in [0.25, 0.3) is 0 Å². The second-order valence-corrected chi connectivity index (χ2v) is 5.39. The largest absolute Gasteiger partial charge is 0.384 e. The van der Waals surface area contributed by atoms with Gasteiger partial charge in [0.1, 0.15) is 0 Å². The number of piperazine rings is 1. The Labute approximate surface area is 98.3 Å². The van der Waals surface area contributed by atoms with Crippen LogP contribution in [0.1, 0.15) is 27.2 Å². The van der Waals surface area contributed by atoms with Crippen molar-refractivity contribution >= 4 is 5.91 Å². The van der Waals surface area contributed by atoms with Crippen LogP contribution in [0.4, 0.5) is 0 Å². The smallest absolute Gasteiger partial charge is 0.223 e. The van der Waals surface area contributed by atoms with E-state index in [-0.39, 0.29) is 11.4 Å². The maximum atomic E-state index is 12.0. The van der Waals surface area contributed by atoms with Crippen molar-refractivity contribution in [1.82, 2.24) is 10.2 Å². The van der Waals surface area contributed by atoms with E-state index in [9.17, 15) is 4.79 Å². The second-order valence-electron chi connectivity index (χ2n) is 5.39. The van der Waals surface area contributed by atoms with Crippen molar-refractivity contribution in [2.75, 3.05) is 33.4 Å². The topological polar surface area (TPSA) is 41.6 Å². The Bertz CT molecular complexity index is 241. The summed E-state index contributed by atoms with van der Waals surface area (Å²) in [5, 5.41) is 3.40. The molecule has 0 bridgehead atoms. The van der Waals surface area contributed by atoms with Gasteiger partial charge in [0.2, 0.25) is 5.91 Å². The molecule has 0 aromatic carbocycles. The number of hydrogen-bond donors (Lipinski definition) is 1. The molecular weight excluding hydrogens is 204 g/mol. The molecule has 1 rings (SSSR count). The zero-order chi connectivity index (χ0) is 12.2. The molecule has 1 atom stereocenters. The summed E-state index contributed by atoms with van der Waals surface area (Å²) in [4.78, 5) is 14.0. The molecule has 1 heterocycles. The summed E-state index contributed by atoms with van der Waals surface area (Å²) >= 11 is 0. The van der Waals surface area contributed by atoms with Gasteiger partial charge in [-0.05, 0) is 19.8 Å². The van der Waals surface area contributed by atoms with Gasteiger partial charge < -0.3 is 15.0 Å². The Balaban J connectivity index is 2.41. The SMILES string of the molecule is COCC(C)CC(=O)N1CCNC(C)(C)C1. The van der Waals surface area contributed by atoms with Crippen LogP contribution in [0.3, 0.4) is 0 Å². The van der Waals surface area contributed by atoms with Gasteiger partial charge >= 0.3 is 0 Å². The summed E-state index contributed by atoms with van der Waals surface area (Å²) in [5.41, 5.74) is 0.0401. The molecule has 1 amide bonds. The molecule has 4 nitrogen and oxygen atoms in total. The molecule has 0 radical (unpaired) electrons. The van der Waals surface area contributed by atoms with Crippen molar-refractivity contribution in [3.8, 4) is 0 Å². The number of hydrogen-bond acceptors (Lipinski definition) is 3. The van der Waals surface area contributed by atoms with Gasteiger partial charge in [-0.2, -0.15) is 0 Å². The van der Waals surface area contributed by atoms with Crippen LogP contribution < -0.4 is 5.32 Å². The fourth-order valence-corrected chi connectivity index (χ4v) is 2.12. The first kappa shape index (κ1) is 13.5. The Hall–Kier alpha value is -0.610. The second kappa shape index (κ2) is 5.64. The Morgan fingerprint density at radius 1 is 1.56 bits per heavy atom. The van der Waals surface area contributed by atoms with Crippen LogP contribution >= 0.6 is 0 Å². The molecule has 0 aliphatic carbocycles. The molecule has 1 aliphatic heterocycles. The first-order valence-electron chi connectivity index (χ1n) is 5.96. The molecule has 1 fully saturated rings. The predicted molar refractivity (Wildman–Crippen MR) is 64.3 cm³/mol. The van der Waals surface area contributed by atoms with E-state index in [2.05, 4.69) is 26.1 Å². The molecule has 94 valence electrons. The maximum absolute atomic E-state index is 12.0. The monoisotopic (exact) mass is 228 g/mol. The van der Waals surface area contributed by atoms with Crippen LogP contribution in [0, 0.1) is 5.92 Å². The highest BCUT2D eigenvalue weighted by Crippen LogP contribution is 2.13. The van der Waals surface area contributed by atoms with Crippen molar-refractivity contribution in [3.05, 3.63) is 0 Å². The van der Waals surface area contributed by atoms with E-state index in [1.165, 1.54) is 0 Å². The van der Waals surface area contributed by atoms with Crippen molar-refractivity contribution in [3.63, 3.8) is 0 Å². The number of carbonyl (C=O) groups excluding carboxylic acids is 1. The zero-order valence-corrected chi connectivity index (χ0v) is 10.9. The minimum absolute atomic E-state index is 0.0401. The molecule has 1 unspecified atom stereocenters. The Kier molecular flexibility index (Phi) is 4.74. The van der Waals surface area contributed by atoms with Gasteiger partial charge in [-0.1, -0.05) is 6.92 Å². The molecule has 1 aliphatic rings. The van der Waals surface area contributed by atoms with Crippen LogP contribution in [0.5, 0.6) is 0 Å². The van der Waals surface area contributed by atoms with Gasteiger partial charge in [-0.3, -0.25) is 4.79 Å². The molecule has 1 saturated heterocycles. The fourth-order valence-electron chi connectivity index (χ4n) is 2.12. The maximum Gasteiger partial charge on any atom is 0.223 e. The third kappa shape index (κ3) is 4.10. The van der Waals surface area contributed by atoms with Gasteiger partial charge in [0.05, 0.1) is 0 Å². The van der Waals surface area contributed by atoms with Crippen LogP contribution in [0.15, 0.2) is 0 Å². The Morgan fingerprint density at radius 2 is 2.25 bits per heavy atom. The normalized spacial score (nSPS) is 21.9. The fraction of sp³-hybridized carbons (Fsp3) is 0.917. The lowest BCUT2D eigenvalue weighted by Crippen LogP contribution is -2.58. The van der Waals surface area contributed by atoms with Gasteiger partial charge in [0.15, 0.2) is 0 Å². The summed E-state index contributed by atoms with van der Waals surface area (Å²) in [7, 11) is 1.68. The molecule has 0 aromatic rings. The summed E-state index contributed by atoms with van der Waals surface area (Å²) in [6, 6.07) is 0. The number of methoxy groups -OCH3 is 1. The van der Waals surface area contributed by atoms with E-state index in [4.69, 9.17) is 4.74 Å². The van der Waals surface area contributed by atoms with E-state index in [0.29, 0.717) is 18.9 Å². The number of nitrogens with one attached hydrogen (secondary N) is 1. The number of carbonyl (C=O) groups is 1. The third-order valence-electron chi connectivity index (χ3n) is 2.90. The molecular formula is C12H24N2O2. The molecule has 1 N–H and O–H groups in total. The van der Waals surface area contributed by atoms with E-state index < -0.39 is 0 Å². The van der Waals surface area contributed by atoms with Gasteiger partial charge in [0.25, 0.3) is 0 Å². The molecule has 0 saturated carbocycles. The third-order valence-corrected chi connectivity index (χ3v) is 2.90. The lowest BCUT2D eigenvalue weighted by Gasteiger charge is -2.39. The van der Waals surface area contributed by atoms with Gasteiger partial charge in [-0.15, -0.1) is 0 Å². The average Bonchev–Trinajstić information content (AvgIpc) is 2.16. The molecule has 0 spiro atoms. The highest BCUT2D eigenvalue weighted by atomic mass is 16.5. The lowest BCUT2D eigenvalue weighted by molar-refractivity contribution is -0.134. The molecule has 4 heteroatoms. The van der Waals surface area contributed by atoms with E-state index in [1.807, 2.05) is 4.90 Å². The first-order chi connectivity index (χ1) is 7.44. The number of nitrogens with zero attached hydrogens (tertiary/aromatic N) is 1. The summed E-state index contributed by atoms with van der Waals surface area (Å²) in [6.45, 7) is 9.47. The highest BCUT2D eigenvalue weighted by molar-refractivity contribution is 5.76. The van der Waals surface area contributed by atoms with Gasteiger partial charge in [-0.25, -0.2) is 0 Å². The predicted octanol–water partition coefficient (Wildman–Crippen LogP) is 0.869. The molecule has 16 heavy (non-hydrogen) atoms. The van der Waals surface area contributed by atoms with E-state index in [1.54, 1.807) is 7.11 Å². The standard InChI is InChI=1S/C12H24N2O2/c1-10(8-16-4)7-11(15)14-6-5-13-12(2,3)9-14/h10,13H,5-9H2,1-4H3. The quantitative estimate of drug-likeness (QED) is 0.776. The van der Waals surface area contributed by atoms with Crippen molar-refractivity contribution in [2.24, 2.45) is 5.92 Å². The first-order valence-corrected chi connectivity index (χ1v) is 5.96. The van der Waals surface area contributed by atoms with Crippen molar-refractivity contribution in [1.29, 1.82) is 0 Å². The highest BCUT2D eigenvalue weighted by Gasteiger charge is 2.28. The van der Waals surface area contributed by atoms with E-state index >= 15 is 0 Å². The van der Waals surface area contributed by atoms with Crippen molar-refractivity contribution in [2.45, 2.75) is 32.7 Å². The van der Waals surface area contributed by atoms with Crippen LogP contribution in [-0.4, -0.2) is 49.7 Å². The Morgan fingerprint density at radius 3 is 2.81 bits per heavy atom. The molecule has 0 aromatic heterocycles. The summed E-state index contributed by atoms with van der Waals surface area (Å²) < 4.78 is 5.05. The van der Waals surface area contributed by atoms with Crippen molar-refractivity contribution < 1.29 is 9.53 Å². The number of ether oxygens (including phenoxy) is 1. The lowest BCUT2D eigenvalue weighted by atomic mass is 10.0. The number of amides is 1. The minimum atomic E-state index is 0.0401. The van der Waals surface area contributed by atoms with Gasteiger partial charge in [0, 0.05) is 45.3 Å². The summed E-state index contributed by atoms with van der Waals surface area (Å²) in [6.07, 6.45) is 0.587. The zero-order valence-electron chi connectivity index (χ0n) is 10.9. The average molecular weight is 228 g/mol. The van der Waals surface area contributed by atoms with Crippen LogP contribution in [0.2, 0.25) is 0 Å². The van der Waals surface area contributed by atoms with Crippen LogP contribution in [-0.2, 0) is 9.53 Å². The minimum Gasteiger partial charge on any atom is -0.384 e. The summed E-state index contributed by atoms with van der Waals surface area (Å²) in [5.74, 6) is 0.551. The number of rotatable bonds is 4. The van der Waals surface area contributed by atoms with E-state index in [0.717, 1.165) is 19.6 Å².